The van der Waals surface area contributed by atoms with Crippen LogP contribution in [0, 0.1) is 33.0 Å². The lowest BCUT2D eigenvalue weighted by Crippen LogP contribution is -2.49. The minimum Gasteiger partial charge on any atom is -0.481 e. The van der Waals surface area contributed by atoms with Crippen LogP contribution in [0.1, 0.15) is 100 Å². The van der Waals surface area contributed by atoms with E-state index in [1.54, 1.807) is 6.92 Å². The lowest BCUT2D eigenvalue weighted by molar-refractivity contribution is -0.155. The van der Waals surface area contributed by atoms with Crippen LogP contribution >= 0.6 is 0 Å². The standard InChI is InChI=1S/C32H56N4O8/c1-9-32(25(39)40,20-44-27(42)35-18-31(8)13-24(36-21-37)12-29(5,6)16-31)19-43-26(41)33-14-23-10-28(3,4)15-30(7,11-23)17-34-22(2)38/h21,23-24H,9-20H2,1-8H3,(H,33,41)(H,34,38)(H,35,42)(H,36,37)(H,39,40). The zero-order chi connectivity index (χ0) is 33.4. The smallest absolute Gasteiger partial charge is 0.407 e. The number of carboxylic acid groups (broad SMARTS) is 1. The molecule has 5 atom stereocenters. The van der Waals surface area contributed by atoms with Gasteiger partial charge in [0.15, 0.2) is 0 Å². The van der Waals surface area contributed by atoms with Gasteiger partial charge >= 0.3 is 18.2 Å². The Hall–Kier alpha value is -3.05. The van der Waals surface area contributed by atoms with Gasteiger partial charge in [0.25, 0.3) is 0 Å². The molecule has 0 bridgehead atoms. The largest absolute Gasteiger partial charge is 0.481 e. The molecule has 2 saturated carbocycles. The van der Waals surface area contributed by atoms with Gasteiger partial charge in [-0.05, 0) is 72.5 Å². The summed E-state index contributed by atoms with van der Waals surface area (Å²) in [5.74, 6) is -1.14. The van der Waals surface area contributed by atoms with Crippen LogP contribution in [0.25, 0.3) is 0 Å². The molecule has 0 spiro atoms. The molecular weight excluding hydrogens is 568 g/mol. The highest BCUT2D eigenvalue weighted by Gasteiger charge is 2.44. The van der Waals surface area contributed by atoms with E-state index >= 15 is 0 Å². The van der Waals surface area contributed by atoms with Crippen molar-refractivity contribution in [1.82, 2.24) is 21.3 Å². The van der Waals surface area contributed by atoms with Gasteiger partial charge in [0, 0.05) is 32.6 Å². The first kappa shape index (κ1) is 37.1. The lowest BCUT2D eigenvalue weighted by atomic mass is 9.60. The molecule has 2 fully saturated rings. The van der Waals surface area contributed by atoms with Crippen molar-refractivity contribution < 1.29 is 38.6 Å². The van der Waals surface area contributed by atoms with E-state index in [0.29, 0.717) is 32.5 Å². The summed E-state index contributed by atoms with van der Waals surface area (Å²) in [6.45, 7) is 16.3. The maximum atomic E-state index is 12.7. The van der Waals surface area contributed by atoms with Gasteiger partial charge in [-0.3, -0.25) is 14.4 Å². The van der Waals surface area contributed by atoms with E-state index in [9.17, 15) is 29.1 Å². The molecule has 2 aliphatic carbocycles. The second kappa shape index (κ2) is 14.8. The van der Waals surface area contributed by atoms with Gasteiger partial charge in [0.1, 0.15) is 18.6 Å². The summed E-state index contributed by atoms with van der Waals surface area (Å²) in [5, 5.41) is 21.4. The number of ether oxygens (including phenoxy) is 2. The summed E-state index contributed by atoms with van der Waals surface area (Å²) >= 11 is 0. The number of amides is 4. The molecule has 0 aromatic carbocycles. The van der Waals surface area contributed by atoms with Crippen molar-refractivity contribution in [2.75, 3.05) is 32.8 Å². The average Bonchev–Trinajstić information content (AvgIpc) is 2.88. The van der Waals surface area contributed by atoms with Gasteiger partial charge in [-0.15, -0.1) is 0 Å². The molecule has 5 N–H and O–H groups in total. The molecule has 0 radical (unpaired) electrons. The number of hydrogen-bond acceptors (Lipinski definition) is 7. The second-order valence-electron chi connectivity index (χ2n) is 15.7. The summed E-state index contributed by atoms with van der Waals surface area (Å²) in [6, 6.07) is -0.0000221. The first-order valence-corrected chi connectivity index (χ1v) is 15.7. The summed E-state index contributed by atoms with van der Waals surface area (Å²) in [5.41, 5.74) is -2.00. The van der Waals surface area contributed by atoms with Crippen molar-refractivity contribution in [1.29, 1.82) is 0 Å². The van der Waals surface area contributed by atoms with Crippen molar-refractivity contribution >= 4 is 30.5 Å². The fourth-order valence-electron chi connectivity index (χ4n) is 7.99. The third-order valence-electron chi connectivity index (χ3n) is 9.32. The van der Waals surface area contributed by atoms with E-state index in [0.717, 1.165) is 32.1 Å². The van der Waals surface area contributed by atoms with Gasteiger partial charge in [-0.25, -0.2) is 9.59 Å². The minimum absolute atomic E-state index is 0.0000221. The number of alkyl carbamates (subject to hydrolysis) is 2. The topological polar surface area (TPSA) is 172 Å². The second-order valence-corrected chi connectivity index (χ2v) is 15.7. The predicted molar refractivity (Wildman–Crippen MR) is 166 cm³/mol. The number of nitrogens with one attached hydrogen (secondary N) is 4. The molecule has 5 unspecified atom stereocenters. The monoisotopic (exact) mass is 624 g/mol. The van der Waals surface area contributed by atoms with Crippen LogP contribution < -0.4 is 21.3 Å². The fourth-order valence-corrected chi connectivity index (χ4v) is 7.99. The molecule has 0 aliphatic heterocycles. The molecule has 4 amide bonds. The van der Waals surface area contributed by atoms with E-state index < -0.39 is 36.8 Å². The highest BCUT2D eigenvalue weighted by atomic mass is 16.6. The molecule has 44 heavy (non-hydrogen) atoms. The van der Waals surface area contributed by atoms with Crippen LogP contribution in [0.4, 0.5) is 9.59 Å². The third-order valence-corrected chi connectivity index (χ3v) is 9.32. The minimum atomic E-state index is -1.60. The maximum absolute atomic E-state index is 12.7. The zero-order valence-corrected chi connectivity index (χ0v) is 28.0. The highest BCUT2D eigenvalue weighted by molar-refractivity contribution is 5.76. The first-order valence-electron chi connectivity index (χ1n) is 15.7. The molecule has 12 nitrogen and oxygen atoms in total. The van der Waals surface area contributed by atoms with Gasteiger partial charge in [-0.1, -0.05) is 48.5 Å². The van der Waals surface area contributed by atoms with Crippen molar-refractivity contribution in [2.24, 2.45) is 33.0 Å². The normalized spacial score (nSPS) is 28.8. The Morgan fingerprint density at radius 3 is 1.86 bits per heavy atom. The number of aliphatic carboxylic acids is 1. The van der Waals surface area contributed by atoms with Gasteiger partial charge in [0.05, 0.1) is 0 Å². The van der Waals surface area contributed by atoms with E-state index in [1.165, 1.54) is 6.92 Å². The summed E-state index contributed by atoms with van der Waals surface area (Å²) in [7, 11) is 0. The number of carbonyl (C=O) groups excluding carboxylic acids is 4. The zero-order valence-electron chi connectivity index (χ0n) is 28.0. The van der Waals surface area contributed by atoms with Crippen LogP contribution in [0.15, 0.2) is 0 Å². The van der Waals surface area contributed by atoms with Crippen molar-refractivity contribution in [3.05, 3.63) is 0 Å². The fraction of sp³-hybridized carbons (Fsp3) is 0.844. The molecule has 0 aromatic heterocycles. The Balaban J connectivity index is 1.90. The number of hydrogen-bond donors (Lipinski definition) is 5. The number of carbonyl (C=O) groups is 5. The Morgan fingerprint density at radius 1 is 0.818 bits per heavy atom. The molecule has 2 rings (SSSR count). The average molecular weight is 625 g/mol. The summed E-state index contributed by atoms with van der Waals surface area (Å²) in [6.07, 6.45) is 4.33. The van der Waals surface area contributed by atoms with Crippen molar-refractivity contribution in [3.8, 4) is 0 Å². The summed E-state index contributed by atoms with van der Waals surface area (Å²) < 4.78 is 10.7. The predicted octanol–water partition coefficient (Wildman–Crippen LogP) is 4.22. The quantitative estimate of drug-likeness (QED) is 0.179. The Bertz CT molecular complexity index is 1050. The highest BCUT2D eigenvalue weighted by Crippen LogP contribution is 2.48. The molecular formula is C32H56N4O8. The summed E-state index contributed by atoms with van der Waals surface area (Å²) in [4.78, 5) is 60.1. The van der Waals surface area contributed by atoms with Crippen molar-refractivity contribution in [3.63, 3.8) is 0 Å². The van der Waals surface area contributed by atoms with E-state index in [1.807, 2.05) is 6.92 Å². The van der Waals surface area contributed by atoms with Crippen LogP contribution in [0.3, 0.4) is 0 Å². The number of rotatable bonds is 14. The molecule has 252 valence electrons. The molecule has 0 aromatic rings. The van der Waals surface area contributed by atoms with Crippen LogP contribution in [-0.4, -0.2) is 74.5 Å². The molecule has 0 heterocycles. The van der Waals surface area contributed by atoms with Crippen LogP contribution in [0.2, 0.25) is 0 Å². The van der Waals surface area contributed by atoms with Gasteiger partial charge in [0.2, 0.25) is 12.3 Å². The third kappa shape index (κ3) is 11.5. The van der Waals surface area contributed by atoms with E-state index in [4.69, 9.17) is 9.47 Å². The van der Waals surface area contributed by atoms with Crippen LogP contribution in [-0.2, 0) is 23.9 Å². The van der Waals surface area contributed by atoms with Gasteiger partial charge < -0.3 is 35.8 Å². The van der Waals surface area contributed by atoms with Gasteiger partial charge in [-0.2, -0.15) is 0 Å². The molecule has 0 saturated heterocycles. The Morgan fingerprint density at radius 2 is 1.34 bits per heavy atom. The van der Waals surface area contributed by atoms with Crippen molar-refractivity contribution in [2.45, 2.75) is 106 Å². The first-order chi connectivity index (χ1) is 20.3. The SMILES string of the molecule is CCC(COC(=O)NCC1CC(C)(C)CC(C)(CNC(C)=O)C1)(COC(=O)NCC1(C)CC(NC=O)CC(C)(C)C1)C(=O)O. The Kier molecular flexibility index (Phi) is 12.5. The van der Waals surface area contributed by atoms with Crippen LogP contribution in [0.5, 0.6) is 0 Å². The van der Waals surface area contributed by atoms with E-state index in [-0.39, 0.29) is 45.9 Å². The molecule has 12 heteroatoms. The number of carboxylic acids is 1. The lowest BCUT2D eigenvalue weighted by Gasteiger charge is -2.47. The maximum Gasteiger partial charge on any atom is 0.407 e. The Labute approximate surface area is 262 Å². The van der Waals surface area contributed by atoms with E-state index in [2.05, 4.69) is 55.9 Å². The molecule has 2 aliphatic rings.